The summed E-state index contributed by atoms with van der Waals surface area (Å²) in [5, 5.41) is 0.912. The highest BCUT2D eigenvalue weighted by molar-refractivity contribution is 9.10. The predicted molar refractivity (Wildman–Crippen MR) is 81.0 cm³/mol. The Hall–Kier alpha value is -1.72. The van der Waals surface area contributed by atoms with Crippen LogP contribution in [0.5, 0.6) is 0 Å². The van der Waals surface area contributed by atoms with Crippen LogP contribution in [0.1, 0.15) is 22.9 Å². The van der Waals surface area contributed by atoms with Gasteiger partial charge in [0.15, 0.2) is 11.6 Å². The lowest BCUT2D eigenvalue weighted by Crippen LogP contribution is -2.11. The van der Waals surface area contributed by atoms with Gasteiger partial charge in [0.1, 0.15) is 11.3 Å². The monoisotopic (exact) mass is 351 g/mol. The number of furan rings is 1. The lowest BCUT2D eigenvalue weighted by atomic mass is 10.0. The molecule has 0 spiro atoms. The molecule has 2 aromatic carbocycles. The van der Waals surface area contributed by atoms with Crippen molar-refractivity contribution in [2.75, 3.05) is 0 Å². The average molecular weight is 352 g/mol. The van der Waals surface area contributed by atoms with Crippen molar-refractivity contribution < 1.29 is 13.2 Å². The van der Waals surface area contributed by atoms with Gasteiger partial charge in [-0.1, -0.05) is 22.0 Å². The van der Waals surface area contributed by atoms with Gasteiger partial charge in [-0.05, 0) is 48.4 Å². The maximum atomic E-state index is 13.3. The summed E-state index contributed by atoms with van der Waals surface area (Å²) in [5.41, 5.74) is 8.27. The molecule has 2 N–H and O–H groups in total. The van der Waals surface area contributed by atoms with Crippen molar-refractivity contribution in [3.8, 4) is 0 Å². The third-order valence-corrected chi connectivity index (χ3v) is 3.85. The van der Waals surface area contributed by atoms with Crippen LogP contribution in [0.2, 0.25) is 0 Å². The molecule has 1 aromatic heterocycles. The van der Waals surface area contributed by atoms with Crippen LogP contribution in [0.25, 0.3) is 11.0 Å². The Labute approximate surface area is 128 Å². The second-order valence-electron chi connectivity index (χ2n) is 4.94. The minimum absolute atomic E-state index is 0.463. The first-order valence-corrected chi connectivity index (χ1v) is 7.15. The van der Waals surface area contributed by atoms with Crippen LogP contribution in [0.4, 0.5) is 8.78 Å². The highest BCUT2D eigenvalue weighted by Crippen LogP contribution is 2.31. The number of hydrogen-bond acceptors (Lipinski definition) is 2. The minimum Gasteiger partial charge on any atom is -0.459 e. The molecular formula is C16H12BrF2NO. The van der Waals surface area contributed by atoms with Crippen LogP contribution in [0.3, 0.4) is 0 Å². The fraction of sp³-hybridized carbons (Fsp3) is 0.125. The van der Waals surface area contributed by atoms with Gasteiger partial charge in [0.05, 0.1) is 6.04 Å². The van der Waals surface area contributed by atoms with Crippen LogP contribution >= 0.6 is 15.9 Å². The van der Waals surface area contributed by atoms with E-state index in [1.165, 1.54) is 6.07 Å². The van der Waals surface area contributed by atoms with Gasteiger partial charge in [-0.25, -0.2) is 8.78 Å². The molecule has 0 radical (unpaired) electrons. The summed E-state index contributed by atoms with van der Waals surface area (Å²) in [4.78, 5) is 0. The molecular weight excluding hydrogens is 340 g/mol. The van der Waals surface area contributed by atoms with E-state index in [-0.39, 0.29) is 0 Å². The van der Waals surface area contributed by atoms with Crippen LogP contribution in [0, 0.1) is 18.6 Å². The summed E-state index contributed by atoms with van der Waals surface area (Å²) in [6.07, 6.45) is 0. The van der Waals surface area contributed by atoms with Crippen molar-refractivity contribution >= 4 is 26.9 Å². The summed E-state index contributed by atoms with van der Waals surface area (Å²) < 4.78 is 33.0. The Kier molecular flexibility index (Phi) is 3.55. The number of aryl methyl sites for hydroxylation is 1. The molecule has 3 aromatic rings. The minimum atomic E-state index is -0.919. The van der Waals surface area contributed by atoms with E-state index in [0.29, 0.717) is 11.3 Å². The molecule has 3 rings (SSSR count). The molecule has 0 saturated heterocycles. The standard InChI is InChI=1S/C16H12BrF2NO/c1-8-4-11(17)5-10-7-14(21-16(8)10)15(20)9-2-3-12(18)13(19)6-9/h2-7,15H,20H2,1H3. The van der Waals surface area contributed by atoms with Gasteiger partial charge in [-0.3, -0.25) is 0 Å². The van der Waals surface area contributed by atoms with Gasteiger partial charge < -0.3 is 10.2 Å². The van der Waals surface area contributed by atoms with Crippen molar-refractivity contribution in [1.82, 2.24) is 0 Å². The Morgan fingerprint density at radius 2 is 1.86 bits per heavy atom. The Bertz CT molecular complexity index is 829. The first kappa shape index (κ1) is 14.2. The zero-order valence-corrected chi connectivity index (χ0v) is 12.7. The number of fused-ring (bicyclic) bond motifs is 1. The predicted octanol–water partition coefficient (Wildman–Crippen LogP) is 4.83. The molecule has 2 nitrogen and oxygen atoms in total. The van der Waals surface area contributed by atoms with Crippen LogP contribution in [-0.2, 0) is 0 Å². The quantitative estimate of drug-likeness (QED) is 0.718. The van der Waals surface area contributed by atoms with E-state index in [0.717, 1.165) is 33.1 Å². The van der Waals surface area contributed by atoms with Crippen LogP contribution < -0.4 is 5.73 Å². The molecule has 0 aliphatic carbocycles. The van der Waals surface area contributed by atoms with Gasteiger partial charge in [-0.2, -0.15) is 0 Å². The van der Waals surface area contributed by atoms with E-state index in [4.69, 9.17) is 10.2 Å². The molecule has 1 unspecified atom stereocenters. The maximum Gasteiger partial charge on any atom is 0.159 e. The summed E-state index contributed by atoms with van der Waals surface area (Å²) in [5.74, 6) is -1.30. The van der Waals surface area contributed by atoms with Gasteiger partial charge in [0.2, 0.25) is 0 Å². The lowest BCUT2D eigenvalue weighted by Gasteiger charge is -2.09. The Morgan fingerprint density at radius 3 is 2.57 bits per heavy atom. The molecule has 0 amide bonds. The van der Waals surface area contributed by atoms with Gasteiger partial charge in [0, 0.05) is 9.86 Å². The van der Waals surface area contributed by atoms with E-state index in [2.05, 4.69) is 15.9 Å². The van der Waals surface area contributed by atoms with Gasteiger partial charge >= 0.3 is 0 Å². The smallest absolute Gasteiger partial charge is 0.159 e. The average Bonchev–Trinajstić information content (AvgIpc) is 2.85. The topological polar surface area (TPSA) is 39.2 Å². The summed E-state index contributed by atoms with van der Waals surface area (Å²) >= 11 is 3.43. The van der Waals surface area contributed by atoms with Gasteiger partial charge in [-0.15, -0.1) is 0 Å². The Morgan fingerprint density at radius 1 is 1.10 bits per heavy atom. The molecule has 5 heteroatoms. The summed E-state index contributed by atoms with van der Waals surface area (Å²) in [6.45, 7) is 1.93. The first-order valence-electron chi connectivity index (χ1n) is 6.36. The van der Waals surface area contributed by atoms with Crippen molar-refractivity contribution in [3.63, 3.8) is 0 Å². The van der Waals surface area contributed by atoms with E-state index in [1.807, 2.05) is 25.1 Å². The second-order valence-corrected chi connectivity index (χ2v) is 5.86. The number of rotatable bonds is 2. The molecule has 1 atom stereocenters. The summed E-state index contributed by atoms with van der Waals surface area (Å²) in [6, 6.07) is 8.65. The van der Waals surface area contributed by atoms with Gasteiger partial charge in [0.25, 0.3) is 0 Å². The molecule has 0 bridgehead atoms. The lowest BCUT2D eigenvalue weighted by molar-refractivity contribution is 0.499. The largest absolute Gasteiger partial charge is 0.459 e. The maximum absolute atomic E-state index is 13.3. The summed E-state index contributed by atoms with van der Waals surface area (Å²) in [7, 11) is 0. The normalized spacial score (nSPS) is 12.8. The third-order valence-electron chi connectivity index (χ3n) is 3.40. The SMILES string of the molecule is Cc1cc(Br)cc2cc(C(N)c3ccc(F)c(F)c3)oc12. The number of halogens is 3. The highest BCUT2D eigenvalue weighted by atomic mass is 79.9. The molecule has 21 heavy (non-hydrogen) atoms. The molecule has 108 valence electrons. The van der Waals surface area contributed by atoms with E-state index in [1.54, 1.807) is 0 Å². The van der Waals surface area contributed by atoms with Crippen LogP contribution in [-0.4, -0.2) is 0 Å². The second kappa shape index (κ2) is 5.24. The Balaban J connectivity index is 2.07. The van der Waals surface area contributed by atoms with E-state index in [9.17, 15) is 8.78 Å². The van der Waals surface area contributed by atoms with Crippen molar-refractivity contribution in [1.29, 1.82) is 0 Å². The number of benzene rings is 2. The van der Waals surface area contributed by atoms with Crippen molar-refractivity contribution in [2.24, 2.45) is 5.73 Å². The zero-order valence-electron chi connectivity index (χ0n) is 11.2. The first-order chi connectivity index (χ1) is 9.95. The van der Waals surface area contributed by atoms with Crippen LogP contribution in [0.15, 0.2) is 45.3 Å². The molecule has 0 saturated carbocycles. The molecule has 0 aliphatic rings. The molecule has 0 fully saturated rings. The van der Waals surface area contributed by atoms with E-state index < -0.39 is 17.7 Å². The fourth-order valence-electron chi connectivity index (χ4n) is 2.33. The highest BCUT2D eigenvalue weighted by Gasteiger charge is 2.17. The third kappa shape index (κ3) is 2.59. The van der Waals surface area contributed by atoms with Crippen molar-refractivity contribution in [3.05, 3.63) is 69.4 Å². The van der Waals surface area contributed by atoms with E-state index >= 15 is 0 Å². The number of hydrogen-bond donors (Lipinski definition) is 1. The fourth-order valence-corrected chi connectivity index (χ4v) is 2.92. The zero-order chi connectivity index (χ0) is 15.1. The molecule has 1 heterocycles. The number of nitrogens with two attached hydrogens (primary N) is 1. The van der Waals surface area contributed by atoms with Crippen molar-refractivity contribution in [2.45, 2.75) is 13.0 Å². The molecule has 0 aliphatic heterocycles.